The summed E-state index contributed by atoms with van der Waals surface area (Å²) in [5.41, 5.74) is 2.01. The molecule has 2 aliphatic heterocycles. The molecule has 0 saturated carbocycles. The summed E-state index contributed by atoms with van der Waals surface area (Å²) in [4.78, 5) is 24.0. The van der Waals surface area contributed by atoms with E-state index in [2.05, 4.69) is 15.1 Å². The maximum Gasteiger partial charge on any atom is 0.413 e. The van der Waals surface area contributed by atoms with E-state index in [1.807, 2.05) is 4.90 Å². The van der Waals surface area contributed by atoms with Gasteiger partial charge in [0.1, 0.15) is 15.7 Å². The average molecular weight is 543 g/mol. The van der Waals surface area contributed by atoms with Gasteiger partial charge in [-0.05, 0) is 18.9 Å². The Kier molecular flexibility index (Phi) is 6.10. The van der Waals surface area contributed by atoms with Crippen LogP contribution in [0.5, 0.6) is 0 Å². The maximum atomic E-state index is 14.1. The van der Waals surface area contributed by atoms with Crippen LogP contribution in [0.2, 0.25) is 5.15 Å². The van der Waals surface area contributed by atoms with E-state index in [0.29, 0.717) is 34.5 Å². The van der Waals surface area contributed by atoms with E-state index in [9.17, 15) is 26.4 Å². The van der Waals surface area contributed by atoms with Crippen LogP contribution in [0, 0.1) is 5.92 Å². The lowest BCUT2D eigenvalue weighted by atomic mass is 9.99. The van der Waals surface area contributed by atoms with Crippen molar-refractivity contribution < 1.29 is 26.4 Å². The minimum atomic E-state index is -4.75. The van der Waals surface area contributed by atoms with Gasteiger partial charge in [-0.1, -0.05) is 17.7 Å². The minimum Gasteiger partial charge on any atom is -0.330 e. The molecule has 5 heterocycles. The van der Waals surface area contributed by atoms with Crippen LogP contribution in [0.25, 0.3) is 5.65 Å². The number of carbonyl (C=O) groups is 1. The van der Waals surface area contributed by atoms with Crippen molar-refractivity contribution in [2.45, 2.75) is 31.5 Å². The number of aromatic nitrogens is 4. The minimum absolute atomic E-state index is 0.0183. The number of sulfone groups is 1. The quantitative estimate of drug-likeness (QED) is 0.498. The molecule has 0 aromatic carbocycles. The monoisotopic (exact) mass is 542 g/mol. The van der Waals surface area contributed by atoms with Crippen molar-refractivity contribution >= 4 is 44.5 Å². The molecule has 192 valence electrons. The molecule has 2 aliphatic rings. The van der Waals surface area contributed by atoms with Gasteiger partial charge in [-0.15, -0.1) is 0 Å². The van der Waals surface area contributed by atoms with Crippen molar-refractivity contribution in [3.8, 4) is 0 Å². The summed E-state index contributed by atoms with van der Waals surface area (Å²) in [5.74, 6) is -1.46. The summed E-state index contributed by atoms with van der Waals surface area (Å²) in [6, 6.07) is 2.22. The number of hydrogen-bond acceptors (Lipinski definition) is 7. The Hall–Kier alpha value is -2.93. The molecule has 0 aliphatic carbocycles. The first-order valence-corrected chi connectivity index (χ1v) is 13.4. The zero-order valence-electron chi connectivity index (χ0n) is 19.1. The first-order chi connectivity index (χ1) is 16.9. The maximum absolute atomic E-state index is 14.1. The lowest BCUT2D eigenvalue weighted by Gasteiger charge is -2.34. The van der Waals surface area contributed by atoms with Gasteiger partial charge in [0.25, 0.3) is 0 Å². The fourth-order valence-electron chi connectivity index (χ4n) is 4.88. The number of hydrogen-bond donors (Lipinski definition) is 0. The van der Waals surface area contributed by atoms with Crippen LogP contribution in [0.3, 0.4) is 0 Å². The zero-order valence-corrected chi connectivity index (χ0v) is 20.7. The Bertz CT molecular complexity index is 1410. The molecule has 9 nitrogen and oxygen atoms in total. The number of nitrogens with zero attached hydrogens (tertiary/aromatic N) is 6. The normalized spacial score (nSPS) is 18.9. The fraction of sp³-hybridized carbons (Fsp3) is 0.455. The third-order valence-corrected chi connectivity index (χ3v) is 8.61. The second-order valence-corrected chi connectivity index (χ2v) is 11.7. The summed E-state index contributed by atoms with van der Waals surface area (Å²) >= 11 is 5.99. The molecule has 0 spiro atoms. The van der Waals surface area contributed by atoms with E-state index in [-0.39, 0.29) is 29.9 Å². The third-order valence-electron chi connectivity index (χ3n) is 6.71. The number of pyridine rings is 1. The van der Waals surface area contributed by atoms with Crippen LogP contribution in [-0.2, 0) is 21.1 Å². The first kappa shape index (κ1) is 24.8. The van der Waals surface area contributed by atoms with Crippen molar-refractivity contribution in [2.24, 2.45) is 5.92 Å². The van der Waals surface area contributed by atoms with Gasteiger partial charge in [-0.3, -0.25) is 4.79 Å². The molecule has 0 N–H and O–H groups in total. The Morgan fingerprint density at radius 2 is 1.92 bits per heavy atom. The zero-order chi connectivity index (χ0) is 25.8. The lowest BCUT2D eigenvalue weighted by molar-refractivity contribution is -0.190. The molecule has 1 saturated heterocycles. The molecular formula is C22H22ClF3N6O3S. The molecule has 0 radical (unpaired) electrons. The topological polar surface area (TPSA) is 101 Å². The fourth-order valence-corrected chi connectivity index (χ4v) is 6.55. The number of anilines is 2. The highest BCUT2D eigenvalue weighted by Gasteiger charge is 2.47. The van der Waals surface area contributed by atoms with Crippen LogP contribution in [-0.4, -0.2) is 70.1 Å². The van der Waals surface area contributed by atoms with E-state index in [1.165, 1.54) is 12.1 Å². The van der Waals surface area contributed by atoms with Crippen molar-refractivity contribution in [1.82, 2.24) is 24.5 Å². The van der Waals surface area contributed by atoms with Crippen molar-refractivity contribution in [2.75, 3.05) is 30.0 Å². The van der Waals surface area contributed by atoms with Gasteiger partial charge in [0.2, 0.25) is 5.91 Å². The highest BCUT2D eigenvalue weighted by molar-refractivity contribution is 7.91. The Balaban J connectivity index is 1.39. The Morgan fingerprint density at radius 1 is 1.19 bits per heavy atom. The van der Waals surface area contributed by atoms with Crippen molar-refractivity contribution in [3.63, 3.8) is 0 Å². The van der Waals surface area contributed by atoms with E-state index in [4.69, 9.17) is 11.6 Å². The second-order valence-electron chi connectivity index (χ2n) is 9.00. The Labute approximate surface area is 209 Å². The summed E-state index contributed by atoms with van der Waals surface area (Å²) in [6.45, 7) is 0.533. The number of amides is 1. The molecule has 0 unspecified atom stereocenters. The van der Waals surface area contributed by atoms with Crippen molar-refractivity contribution in [3.05, 3.63) is 47.0 Å². The van der Waals surface area contributed by atoms with Crippen LogP contribution < -0.4 is 4.90 Å². The Morgan fingerprint density at radius 3 is 2.56 bits per heavy atom. The smallest absolute Gasteiger partial charge is 0.330 e. The summed E-state index contributed by atoms with van der Waals surface area (Å²) < 4.78 is 67.2. The van der Waals surface area contributed by atoms with Gasteiger partial charge in [-0.25, -0.2) is 22.9 Å². The van der Waals surface area contributed by atoms with Gasteiger partial charge in [0.05, 0.1) is 29.1 Å². The number of carbonyl (C=O) groups excluding carboxylic acids is 1. The van der Waals surface area contributed by atoms with E-state index >= 15 is 0 Å². The first-order valence-electron chi connectivity index (χ1n) is 11.2. The molecule has 1 atom stereocenters. The van der Waals surface area contributed by atoms with Crippen LogP contribution in [0.1, 0.15) is 30.1 Å². The van der Waals surface area contributed by atoms with Gasteiger partial charge < -0.3 is 9.80 Å². The molecule has 3 aromatic rings. The number of fused-ring (bicyclic) bond motifs is 3. The van der Waals surface area contributed by atoms with Crippen LogP contribution in [0.4, 0.5) is 24.7 Å². The molecule has 3 aromatic heterocycles. The van der Waals surface area contributed by atoms with Gasteiger partial charge in [0, 0.05) is 43.8 Å². The molecule has 36 heavy (non-hydrogen) atoms. The molecule has 5 rings (SSSR count). The summed E-state index contributed by atoms with van der Waals surface area (Å²) in [5, 5.41) is 4.55. The molecular weight excluding hydrogens is 521 g/mol. The van der Waals surface area contributed by atoms with E-state index in [0.717, 1.165) is 24.6 Å². The molecule has 0 bridgehead atoms. The average Bonchev–Trinajstić information content (AvgIpc) is 3.41. The van der Waals surface area contributed by atoms with Gasteiger partial charge in [0.15, 0.2) is 16.8 Å². The second kappa shape index (κ2) is 8.87. The molecule has 1 fully saturated rings. The number of rotatable bonds is 4. The SMILES string of the molecule is CN(C(=O)C1CCS(=O)(=O)CC1)[C@@H](c1ccc(N2CCc3c2cnc2cc(Cl)nn32)nc1)C(F)(F)F. The molecule has 14 heteroatoms. The van der Waals surface area contributed by atoms with Gasteiger partial charge in [-0.2, -0.15) is 18.3 Å². The van der Waals surface area contributed by atoms with Gasteiger partial charge >= 0.3 is 6.18 Å². The van der Waals surface area contributed by atoms with E-state index in [1.54, 1.807) is 16.8 Å². The highest BCUT2D eigenvalue weighted by Crippen LogP contribution is 2.40. The predicted molar refractivity (Wildman–Crippen MR) is 126 cm³/mol. The van der Waals surface area contributed by atoms with Crippen molar-refractivity contribution in [1.29, 1.82) is 0 Å². The van der Waals surface area contributed by atoms with Crippen LogP contribution >= 0.6 is 11.6 Å². The highest BCUT2D eigenvalue weighted by atomic mass is 35.5. The number of alkyl halides is 3. The largest absolute Gasteiger partial charge is 0.413 e. The van der Waals surface area contributed by atoms with Crippen LogP contribution in [0.15, 0.2) is 30.6 Å². The molecule has 1 amide bonds. The van der Waals surface area contributed by atoms with E-state index < -0.39 is 33.9 Å². The lowest BCUT2D eigenvalue weighted by Crippen LogP contribution is -2.44. The predicted octanol–water partition coefficient (Wildman–Crippen LogP) is 3.36. The summed E-state index contributed by atoms with van der Waals surface area (Å²) in [7, 11) is -2.15. The number of halogens is 4. The third kappa shape index (κ3) is 4.49. The summed E-state index contributed by atoms with van der Waals surface area (Å²) in [6.07, 6.45) is -1.31. The standard InChI is InChI=1S/C22H22ClF3N6O3S/c1-30(21(33)13-5-8-36(34,35)9-6-13)20(22(24,25)26)14-2-3-18(27-11-14)31-7-4-15-16(31)12-28-19-10-17(23)29-32(15)19/h2-3,10-13,20H,4-9H2,1H3/t20-/m0/s1.